The topological polar surface area (TPSA) is 46.2 Å². The van der Waals surface area contributed by atoms with Gasteiger partial charge in [-0.3, -0.25) is 0 Å². The molecule has 0 bridgehead atoms. The van der Waals surface area contributed by atoms with Crippen molar-refractivity contribution < 1.29 is 8.42 Å². The van der Waals surface area contributed by atoms with Crippen LogP contribution < -0.4 is 5.32 Å². The maximum Gasteiger partial charge on any atom is 0.150 e. The smallest absolute Gasteiger partial charge is 0.150 e. The number of hydrogen-bond acceptors (Lipinski definition) is 3. The van der Waals surface area contributed by atoms with E-state index in [0.29, 0.717) is 23.5 Å². The highest BCUT2D eigenvalue weighted by molar-refractivity contribution is 7.91. The summed E-state index contributed by atoms with van der Waals surface area (Å²) in [6.07, 6.45) is 6.07. The zero-order valence-electron chi connectivity index (χ0n) is 9.41. The molecule has 2 unspecified atom stereocenters. The van der Waals surface area contributed by atoms with Crippen molar-refractivity contribution >= 4 is 9.84 Å². The van der Waals surface area contributed by atoms with Crippen molar-refractivity contribution in [2.24, 2.45) is 11.8 Å². The number of nitrogens with one attached hydrogen (secondary N) is 1. The average Bonchev–Trinajstić information content (AvgIpc) is 2.92. The standard InChI is InChI=1S/C11H21NO2S/c1-12-11(5-4-9-2-3-9)10-6-7-15(13,14)8-10/h9-12H,2-8H2,1H3. The van der Waals surface area contributed by atoms with Gasteiger partial charge in [-0.25, -0.2) is 8.42 Å². The zero-order chi connectivity index (χ0) is 10.9. The van der Waals surface area contributed by atoms with Gasteiger partial charge in [-0.05, 0) is 38.1 Å². The minimum absolute atomic E-state index is 0.360. The molecule has 1 N–H and O–H groups in total. The van der Waals surface area contributed by atoms with Crippen molar-refractivity contribution in [3.63, 3.8) is 0 Å². The largest absolute Gasteiger partial charge is 0.317 e. The second-order valence-electron chi connectivity index (χ2n) is 5.08. The SMILES string of the molecule is CNC(CCC1CC1)C1CCS(=O)(=O)C1. The molecule has 1 aliphatic carbocycles. The van der Waals surface area contributed by atoms with Crippen molar-refractivity contribution in [3.05, 3.63) is 0 Å². The van der Waals surface area contributed by atoms with E-state index in [9.17, 15) is 8.42 Å². The van der Waals surface area contributed by atoms with E-state index in [1.807, 2.05) is 7.05 Å². The molecule has 2 fully saturated rings. The van der Waals surface area contributed by atoms with Gasteiger partial charge in [0.1, 0.15) is 0 Å². The summed E-state index contributed by atoms with van der Waals surface area (Å²) >= 11 is 0. The molecule has 15 heavy (non-hydrogen) atoms. The zero-order valence-corrected chi connectivity index (χ0v) is 10.2. The molecule has 0 radical (unpaired) electrons. The van der Waals surface area contributed by atoms with Gasteiger partial charge in [0.25, 0.3) is 0 Å². The number of rotatable bonds is 5. The molecule has 0 spiro atoms. The minimum Gasteiger partial charge on any atom is -0.317 e. The molecule has 0 aromatic heterocycles. The third-order valence-electron chi connectivity index (χ3n) is 3.79. The first-order chi connectivity index (χ1) is 7.11. The Bertz CT molecular complexity index is 309. The molecule has 1 saturated heterocycles. The van der Waals surface area contributed by atoms with E-state index in [2.05, 4.69) is 5.32 Å². The van der Waals surface area contributed by atoms with Crippen LogP contribution >= 0.6 is 0 Å². The fourth-order valence-corrected chi connectivity index (χ4v) is 4.46. The first kappa shape index (κ1) is 11.4. The molecule has 2 aliphatic rings. The summed E-state index contributed by atoms with van der Waals surface area (Å²) in [5.41, 5.74) is 0. The van der Waals surface area contributed by atoms with Crippen molar-refractivity contribution in [2.45, 2.75) is 38.1 Å². The van der Waals surface area contributed by atoms with Crippen molar-refractivity contribution in [1.82, 2.24) is 5.32 Å². The van der Waals surface area contributed by atoms with Gasteiger partial charge in [-0.15, -0.1) is 0 Å². The monoisotopic (exact) mass is 231 g/mol. The molecule has 3 nitrogen and oxygen atoms in total. The van der Waals surface area contributed by atoms with Gasteiger partial charge in [-0.1, -0.05) is 12.8 Å². The Morgan fingerprint density at radius 3 is 2.53 bits per heavy atom. The molecule has 2 atom stereocenters. The average molecular weight is 231 g/mol. The van der Waals surface area contributed by atoms with Crippen LogP contribution in [0.15, 0.2) is 0 Å². The van der Waals surface area contributed by atoms with Gasteiger partial charge < -0.3 is 5.32 Å². The lowest BCUT2D eigenvalue weighted by Crippen LogP contribution is -2.34. The summed E-state index contributed by atoms with van der Waals surface area (Å²) in [5.74, 6) is 2.11. The van der Waals surface area contributed by atoms with Gasteiger partial charge in [0.15, 0.2) is 9.84 Å². The summed E-state index contributed by atoms with van der Waals surface area (Å²) in [5, 5.41) is 3.30. The maximum atomic E-state index is 11.4. The van der Waals surface area contributed by atoms with Crippen LogP contribution in [0.2, 0.25) is 0 Å². The van der Waals surface area contributed by atoms with E-state index < -0.39 is 9.84 Å². The molecule has 1 heterocycles. The van der Waals surface area contributed by atoms with Gasteiger partial charge in [0.2, 0.25) is 0 Å². The van der Waals surface area contributed by atoms with Crippen LogP contribution in [0.4, 0.5) is 0 Å². The second-order valence-corrected chi connectivity index (χ2v) is 7.31. The van der Waals surface area contributed by atoms with Crippen molar-refractivity contribution in [1.29, 1.82) is 0 Å². The molecule has 0 aromatic rings. The molecule has 4 heteroatoms. The molecule has 1 aliphatic heterocycles. The highest BCUT2D eigenvalue weighted by atomic mass is 32.2. The Balaban J connectivity index is 1.83. The Morgan fingerprint density at radius 1 is 1.33 bits per heavy atom. The molecule has 2 rings (SSSR count). The molecular formula is C11H21NO2S. The Morgan fingerprint density at radius 2 is 2.07 bits per heavy atom. The highest BCUT2D eigenvalue weighted by Gasteiger charge is 2.33. The van der Waals surface area contributed by atoms with E-state index in [1.165, 1.54) is 19.3 Å². The van der Waals surface area contributed by atoms with Crippen LogP contribution in [0.3, 0.4) is 0 Å². The molecule has 1 saturated carbocycles. The second kappa shape index (κ2) is 4.42. The summed E-state index contributed by atoms with van der Waals surface area (Å²) in [7, 11) is -0.753. The first-order valence-corrected chi connectivity index (χ1v) is 7.80. The van der Waals surface area contributed by atoms with E-state index in [1.54, 1.807) is 0 Å². The predicted molar refractivity (Wildman–Crippen MR) is 61.6 cm³/mol. The van der Waals surface area contributed by atoms with E-state index >= 15 is 0 Å². The van der Waals surface area contributed by atoms with Crippen LogP contribution in [0.25, 0.3) is 0 Å². The molecule has 0 amide bonds. The maximum absolute atomic E-state index is 11.4. The minimum atomic E-state index is -2.71. The number of hydrogen-bond donors (Lipinski definition) is 1. The summed E-state index contributed by atoms with van der Waals surface area (Å²) in [6.45, 7) is 0. The number of sulfone groups is 1. The van der Waals surface area contributed by atoms with Gasteiger partial charge >= 0.3 is 0 Å². The Labute approximate surface area is 92.6 Å². The van der Waals surface area contributed by atoms with Crippen molar-refractivity contribution in [2.75, 3.05) is 18.6 Å². The van der Waals surface area contributed by atoms with Crippen LogP contribution in [0.1, 0.15) is 32.1 Å². The lowest BCUT2D eigenvalue weighted by Gasteiger charge is -2.21. The fourth-order valence-electron chi connectivity index (χ4n) is 2.58. The summed E-state index contributed by atoms with van der Waals surface area (Å²) in [6, 6.07) is 0.419. The van der Waals surface area contributed by atoms with E-state index in [0.717, 1.165) is 18.8 Å². The van der Waals surface area contributed by atoms with Crippen LogP contribution in [-0.4, -0.2) is 33.0 Å². The lowest BCUT2D eigenvalue weighted by atomic mass is 9.94. The fraction of sp³-hybridized carbons (Fsp3) is 1.00. The van der Waals surface area contributed by atoms with Crippen LogP contribution in [0.5, 0.6) is 0 Å². The van der Waals surface area contributed by atoms with Gasteiger partial charge in [0, 0.05) is 6.04 Å². The molecular weight excluding hydrogens is 210 g/mol. The lowest BCUT2D eigenvalue weighted by molar-refractivity contribution is 0.368. The van der Waals surface area contributed by atoms with E-state index in [-0.39, 0.29) is 0 Å². The normalized spacial score (nSPS) is 31.7. The summed E-state index contributed by atoms with van der Waals surface area (Å²) < 4.78 is 22.8. The third-order valence-corrected chi connectivity index (χ3v) is 5.58. The highest BCUT2D eigenvalue weighted by Crippen LogP contribution is 2.35. The van der Waals surface area contributed by atoms with Crippen molar-refractivity contribution in [3.8, 4) is 0 Å². The Hall–Kier alpha value is -0.0900. The Kier molecular flexibility index (Phi) is 3.36. The quantitative estimate of drug-likeness (QED) is 0.773. The molecule has 88 valence electrons. The summed E-state index contributed by atoms with van der Waals surface area (Å²) in [4.78, 5) is 0. The predicted octanol–water partition coefficient (Wildman–Crippen LogP) is 1.20. The first-order valence-electron chi connectivity index (χ1n) is 5.98. The molecule has 0 aromatic carbocycles. The van der Waals surface area contributed by atoms with Gasteiger partial charge in [0.05, 0.1) is 11.5 Å². The third kappa shape index (κ3) is 3.18. The van der Waals surface area contributed by atoms with Crippen LogP contribution in [0, 0.1) is 11.8 Å². The van der Waals surface area contributed by atoms with Gasteiger partial charge in [-0.2, -0.15) is 0 Å². The van der Waals surface area contributed by atoms with Crippen LogP contribution in [-0.2, 0) is 9.84 Å². The van der Waals surface area contributed by atoms with E-state index in [4.69, 9.17) is 0 Å².